The van der Waals surface area contributed by atoms with Crippen LogP contribution in [0.3, 0.4) is 0 Å². The molecule has 0 aromatic heterocycles. The fourth-order valence-corrected chi connectivity index (χ4v) is 2.61. The van der Waals surface area contributed by atoms with E-state index >= 15 is 0 Å². The number of nitrogens with zero attached hydrogens (tertiary/aromatic N) is 2. The molecular formula is C15H10N2O2. The van der Waals surface area contributed by atoms with Gasteiger partial charge >= 0.3 is 0 Å². The summed E-state index contributed by atoms with van der Waals surface area (Å²) < 4.78 is 0. The lowest BCUT2D eigenvalue weighted by molar-refractivity contribution is 0.0851. The first-order valence-electron chi connectivity index (χ1n) is 6.06. The summed E-state index contributed by atoms with van der Waals surface area (Å²) >= 11 is 0. The Morgan fingerprint density at radius 2 is 1.89 bits per heavy atom. The Morgan fingerprint density at radius 3 is 2.74 bits per heavy atom. The van der Waals surface area contributed by atoms with Gasteiger partial charge in [0.1, 0.15) is 11.6 Å². The van der Waals surface area contributed by atoms with Gasteiger partial charge in [0.2, 0.25) is 0 Å². The molecule has 92 valence electrons. The molecule has 0 saturated heterocycles. The van der Waals surface area contributed by atoms with Crippen LogP contribution in [0.4, 0.5) is 5.69 Å². The van der Waals surface area contributed by atoms with E-state index in [1.807, 2.05) is 24.3 Å². The summed E-state index contributed by atoms with van der Waals surface area (Å²) in [6.45, 7) is 0.454. The van der Waals surface area contributed by atoms with Crippen molar-refractivity contribution in [3.05, 3.63) is 59.2 Å². The first-order valence-corrected chi connectivity index (χ1v) is 6.06. The van der Waals surface area contributed by atoms with Gasteiger partial charge in [0, 0.05) is 11.1 Å². The molecule has 2 aromatic rings. The quantitative estimate of drug-likeness (QED) is 0.780. The molecule has 4 heteroatoms. The van der Waals surface area contributed by atoms with Gasteiger partial charge in [0.05, 0.1) is 17.8 Å². The van der Waals surface area contributed by atoms with Gasteiger partial charge in [-0.1, -0.05) is 18.2 Å². The molecule has 0 spiro atoms. The minimum atomic E-state index is -0.0247. The molecule has 2 heterocycles. The summed E-state index contributed by atoms with van der Waals surface area (Å²) in [4.78, 5) is 18.5. The van der Waals surface area contributed by atoms with Crippen molar-refractivity contribution in [3.63, 3.8) is 0 Å². The molecule has 0 atom stereocenters. The second-order valence-corrected chi connectivity index (χ2v) is 4.69. The number of carbonyl (C=O) groups excluding carboxylic acids is 1. The van der Waals surface area contributed by atoms with E-state index in [9.17, 15) is 9.90 Å². The molecule has 1 N–H and O–H groups in total. The molecule has 0 aliphatic carbocycles. The number of amidine groups is 1. The summed E-state index contributed by atoms with van der Waals surface area (Å²) in [6.07, 6.45) is 0. The molecule has 0 bridgehead atoms. The molecule has 0 unspecified atom stereocenters. The smallest absolute Gasteiger partial charge is 0.260 e. The van der Waals surface area contributed by atoms with Crippen LogP contribution in [-0.2, 0) is 6.54 Å². The molecular weight excluding hydrogens is 240 g/mol. The van der Waals surface area contributed by atoms with Gasteiger partial charge < -0.3 is 5.11 Å². The molecule has 1 amide bonds. The van der Waals surface area contributed by atoms with Crippen molar-refractivity contribution < 1.29 is 9.90 Å². The largest absolute Gasteiger partial charge is 0.508 e. The molecule has 0 radical (unpaired) electrons. The number of benzene rings is 2. The third-order valence-corrected chi connectivity index (χ3v) is 3.52. The minimum absolute atomic E-state index is 0.0247. The number of aromatic hydroxyl groups is 1. The highest BCUT2D eigenvalue weighted by Crippen LogP contribution is 2.35. The topological polar surface area (TPSA) is 52.9 Å². The summed E-state index contributed by atoms with van der Waals surface area (Å²) in [5, 5.41) is 9.52. The Hall–Kier alpha value is -2.62. The van der Waals surface area contributed by atoms with Gasteiger partial charge in [-0.2, -0.15) is 0 Å². The van der Waals surface area contributed by atoms with Crippen molar-refractivity contribution in [1.29, 1.82) is 0 Å². The molecule has 2 aromatic carbocycles. The molecule has 2 aliphatic rings. The van der Waals surface area contributed by atoms with Gasteiger partial charge in [0.15, 0.2) is 0 Å². The van der Waals surface area contributed by atoms with Crippen LogP contribution in [0.1, 0.15) is 21.5 Å². The van der Waals surface area contributed by atoms with E-state index in [4.69, 9.17) is 0 Å². The van der Waals surface area contributed by atoms with Gasteiger partial charge in [-0.3, -0.25) is 9.69 Å². The molecule has 19 heavy (non-hydrogen) atoms. The summed E-state index contributed by atoms with van der Waals surface area (Å²) in [5.41, 5.74) is 3.25. The summed E-state index contributed by atoms with van der Waals surface area (Å²) in [7, 11) is 0. The number of hydrogen-bond acceptors (Lipinski definition) is 3. The highest BCUT2D eigenvalue weighted by molar-refractivity contribution is 6.24. The monoisotopic (exact) mass is 250 g/mol. The van der Waals surface area contributed by atoms with Gasteiger partial charge in [-0.05, 0) is 24.3 Å². The van der Waals surface area contributed by atoms with Gasteiger partial charge in [-0.25, -0.2) is 4.99 Å². The average Bonchev–Trinajstić information content (AvgIpc) is 2.70. The van der Waals surface area contributed by atoms with Crippen molar-refractivity contribution in [2.75, 3.05) is 0 Å². The van der Waals surface area contributed by atoms with Crippen LogP contribution in [0, 0.1) is 0 Å². The lowest BCUT2D eigenvalue weighted by Gasteiger charge is -2.23. The fourth-order valence-electron chi connectivity index (χ4n) is 2.61. The van der Waals surface area contributed by atoms with E-state index in [1.54, 1.807) is 23.1 Å². The predicted octanol–water partition coefficient (Wildman–Crippen LogP) is 2.44. The Morgan fingerprint density at radius 1 is 1.11 bits per heavy atom. The standard InChI is InChI=1S/C15H10N2O2/c18-10-5-6-13-9(7-10)8-17-14(16-13)11-3-1-2-4-12(11)15(17)19/h1-7,18H,8H2. The lowest BCUT2D eigenvalue weighted by Crippen LogP contribution is -2.31. The lowest BCUT2D eigenvalue weighted by atomic mass is 10.1. The highest BCUT2D eigenvalue weighted by atomic mass is 16.3. The molecule has 0 saturated carbocycles. The van der Waals surface area contributed by atoms with Crippen molar-refractivity contribution in [3.8, 4) is 5.75 Å². The van der Waals surface area contributed by atoms with Crippen LogP contribution in [0.5, 0.6) is 5.75 Å². The van der Waals surface area contributed by atoms with Crippen LogP contribution in [0.2, 0.25) is 0 Å². The van der Waals surface area contributed by atoms with Crippen LogP contribution in [0.15, 0.2) is 47.5 Å². The maximum Gasteiger partial charge on any atom is 0.260 e. The van der Waals surface area contributed by atoms with Crippen LogP contribution in [0.25, 0.3) is 0 Å². The van der Waals surface area contributed by atoms with E-state index in [-0.39, 0.29) is 11.7 Å². The van der Waals surface area contributed by atoms with E-state index in [1.165, 1.54) is 0 Å². The summed E-state index contributed by atoms with van der Waals surface area (Å²) in [6, 6.07) is 12.5. The van der Waals surface area contributed by atoms with Crippen molar-refractivity contribution in [2.24, 2.45) is 4.99 Å². The zero-order valence-electron chi connectivity index (χ0n) is 10.00. The van der Waals surface area contributed by atoms with Crippen LogP contribution in [-0.4, -0.2) is 21.7 Å². The number of fused-ring (bicyclic) bond motifs is 4. The van der Waals surface area contributed by atoms with Crippen LogP contribution >= 0.6 is 0 Å². The zero-order chi connectivity index (χ0) is 13.0. The number of aliphatic imine (C=N–C) groups is 1. The Balaban J connectivity index is 1.94. The molecule has 2 aliphatic heterocycles. The zero-order valence-corrected chi connectivity index (χ0v) is 10.00. The number of amides is 1. The Bertz CT molecular complexity index is 750. The first kappa shape index (κ1) is 10.3. The minimum Gasteiger partial charge on any atom is -0.508 e. The number of rotatable bonds is 0. The average molecular weight is 250 g/mol. The number of carbonyl (C=O) groups is 1. The number of hydrogen-bond donors (Lipinski definition) is 1. The molecule has 0 fully saturated rings. The van der Waals surface area contributed by atoms with Gasteiger partial charge in [0.25, 0.3) is 5.91 Å². The van der Waals surface area contributed by atoms with Crippen molar-refractivity contribution in [2.45, 2.75) is 6.54 Å². The molecule has 4 nitrogen and oxygen atoms in total. The third kappa shape index (κ3) is 1.34. The second-order valence-electron chi connectivity index (χ2n) is 4.69. The maximum atomic E-state index is 12.3. The van der Waals surface area contributed by atoms with Crippen molar-refractivity contribution >= 4 is 17.4 Å². The van der Waals surface area contributed by atoms with E-state index < -0.39 is 0 Å². The van der Waals surface area contributed by atoms with Crippen LogP contribution < -0.4 is 0 Å². The number of phenolic OH excluding ortho intramolecular Hbond substituents is 1. The highest BCUT2D eigenvalue weighted by Gasteiger charge is 2.35. The molecule has 4 rings (SSSR count). The Labute approximate surface area is 109 Å². The van der Waals surface area contributed by atoms with Gasteiger partial charge in [-0.15, -0.1) is 0 Å². The second kappa shape index (κ2) is 3.45. The third-order valence-electron chi connectivity index (χ3n) is 3.52. The van der Waals surface area contributed by atoms with E-state index in [0.717, 1.165) is 16.8 Å². The Kier molecular flexibility index (Phi) is 1.87. The van der Waals surface area contributed by atoms with E-state index in [0.29, 0.717) is 17.9 Å². The fraction of sp³-hybridized carbons (Fsp3) is 0.0667. The van der Waals surface area contributed by atoms with E-state index in [2.05, 4.69) is 4.99 Å². The number of phenols is 1. The predicted molar refractivity (Wildman–Crippen MR) is 70.6 cm³/mol. The van der Waals surface area contributed by atoms with Crippen molar-refractivity contribution in [1.82, 2.24) is 4.90 Å². The normalized spacial score (nSPS) is 15.7. The SMILES string of the molecule is O=C1c2ccccc2C2=Nc3ccc(O)cc3CN12. The maximum absolute atomic E-state index is 12.3. The summed E-state index contributed by atoms with van der Waals surface area (Å²) in [5.74, 6) is 0.878. The first-order chi connectivity index (χ1) is 9.24.